The van der Waals surface area contributed by atoms with Crippen molar-refractivity contribution in [1.29, 1.82) is 0 Å². The highest BCUT2D eigenvalue weighted by atomic mass is 35.5. The topological polar surface area (TPSA) is 108 Å². The number of aliphatic carboxylic acids is 2. The molecule has 0 radical (unpaired) electrons. The Labute approximate surface area is 130 Å². The smallest absolute Gasteiger partial charge is 0.414 e. The van der Waals surface area contributed by atoms with Crippen molar-refractivity contribution in [2.45, 2.75) is 0 Å². The lowest BCUT2D eigenvalue weighted by molar-refractivity contribution is -0.159. The van der Waals surface area contributed by atoms with Crippen LogP contribution < -0.4 is 5.32 Å². The number of anilines is 1. The van der Waals surface area contributed by atoms with Crippen molar-refractivity contribution >= 4 is 47.2 Å². The van der Waals surface area contributed by atoms with E-state index < -0.39 is 11.9 Å². The molecule has 0 atom stereocenters. The van der Waals surface area contributed by atoms with Crippen LogP contribution in [0.3, 0.4) is 0 Å². The predicted octanol–water partition coefficient (Wildman–Crippen LogP) is 2.71. The van der Waals surface area contributed by atoms with Gasteiger partial charge in [-0.25, -0.2) is 9.59 Å². The van der Waals surface area contributed by atoms with Crippen LogP contribution in [-0.4, -0.2) is 35.1 Å². The van der Waals surface area contributed by atoms with E-state index >= 15 is 0 Å². The minimum Gasteiger partial charge on any atom is -0.473 e. The molecule has 1 aromatic rings. The first-order valence-corrected chi connectivity index (χ1v) is 6.06. The zero-order chi connectivity index (χ0) is 16.3. The molecule has 0 unspecified atom stereocenters. The minimum absolute atomic E-state index is 0.370. The van der Waals surface area contributed by atoms with Gasteiger partial charge >= 0.3 is 11.9 Å². The Balaban J connectivity index is 0.000000567. The first kappa shape index (κ1) is 18.8. The molecular weight excluding hydrogens is 323 g/mol. The Hall–Kier alpha value is -2.25. The van der Waals surface area contributed by atoms with Crippen LogP contribution in [-0.2, 0) is 14.4 Å². The van der Waals surface area contributed by atoms with E-state index in [-0.39, 0.29) is 0 Å². The van der Waals surface area contributed by atoms with Gasteiger partial charge in [-0.15, -0.1) is 0 Å². The van der Waals surface area contributed by atoms with Gasteiger partial charge in [-0.2, -0.15) is 0 Å². The Morgan fingerprint density at radius 3 is 2.19 bits per heavy atom. The van der Waals surface area contributed by atoms with Crippen molar-refractivity contribution in [2.24, 2.45) is 5.16 Å². The second-order valence-electron chi connectivity index (χ2n) is 3.23. The van der Waals surface area contributed by atoms with Crippen molar-refractivity contribution < 1.29 is 24.6 Å². The molecule has 3 N–H and O–H groups in total. The number of halogens is 2. The van der Waals surface area contributed by atoms with Gasteiger partial charge in [-0.05, 0) is 18.2 Å². The standard InChI is InChI=1S/C10H10Cl2N2O.C2H2O4/c1-2-3-15-14-7-13-10-5-8(11)4-9(12)6-10;3-1(4)2(5)6/h2,4-7H,1,3H2,(H,13,14);(H,3,4)(H,5,6). The molecule has 0 fully saturated rings. The maximum atomic E-state index is 9.10. The van der Waals surface area contributed by atoms with Gasteiger partial charge in [0.25, 0.3) is 0 Å². The van der Waals surface area contributed by atoms with Gasteiger partial charge in [-0.1, -0.05) is 41.0 Å². The van der Waals surface area contributed by atoms with E-state index in [1.165, 1.54) is 6.34 Å². The van der Waals surface area contributed by atoms with E-state index in [1.54, 1.807) is 24.3 Å². The molecule has 0 heterocycles. The molecule has 0 amide bonds. The molecule has 0 bridgehead atoms. The summed E-state index contributed by atoms with van der Waals surface area (Å²) in [5.74, 6) is -3.65. The number of carbonyl (C=O) groups is 2. The second-order valence-corrected chi connectivity index (χ2v) is 4.10. The average molecular weight is 335 g/mol. The van der Waals surface area contributed by atoms with Crippen molar-refractivity contribution in [2.75, 3.05) is 11.9 Å². The third-order valence-corrected chi connectivity index (χ3v) is 2.03. The fourth-order valence-electron chi connectivity index (χ4n) is 0.871. The largest absolute Gasteiger partial charge is 0.473 e. The van der Waals surface area contributed by atoms with E-state index in [1.807, 2.05) is 0 Å². The van der Waals surface area contributed by atoms with Gasteiger partial charge in [0.1, 0.15) is 12.9 Å². The molecule has 1 aromatic carbocycles. The lowest BCUT2D eigenvalue weighted by Crippen LogP contribution is -2.09. The van der Waals surface area contributed by atoms with Crippen LogP contribution in [0.5, 0.6) is 0 Å². The Kier molecular flexibility index (Phi) is 9.40. The number of nitrogens with one attached hydrogen (secondary N) is 1. The number of oxime groups is 1. The van der Waals surface area contributed by atoms with Gasteiger partial charge < -0.3 is 20.4 Å². The van der Waals surface area contributed by atoms with Gasteiger partial charge in [-0.3, -0.25) is 0 Å². The van der Waals surface area contributed by atoms with Crippen molar-refractivity contribution in [3.8, 4) is 0 Å². The third kappa shape index (κ3) is 10.2. The number of carboxylic acids is 2. The lowest BCUT2D eigenvalue weighted by Gasteiger charge is -2.01. The highest BCUT2D eigenvalue weighted by Crippen LogP contribution is 2.21. The minimum atomic E-state index is -1.82. The normalized spacial score (nSPS) is 9.43. The SMILES string of the molecule is C=CCO/N=C/Nc1cc(Cl)cc(Cl)c1.O=C(O)C(=O)O. The molecular formula is C12H12Cl2N2O5. The molecule has 0 aromatic heterocycles. The zero-order valence-electron chi connectivity index (χ0n) is 10.6. The first-order valence-electron chi connectivity index (χ1n) is 5.30. The molecule has 9 heteroatoms. The summed E-state index contributed by atoms with van der Waals surface area (Å²) in [4.78, 5) is 23.0. The summed E-state index contributed by atoms with van der Waals surface area (Å²) in [7, 11) is 0. The van der Waals surface area contributed by atoms with Crippen molar-refractivity contribution in [3.05, 3.63) is 40.9 Å². The van der Waals surface area contributed by atoms with Crippen LogP contribution in [0.15, 0.2) is 36.0 Å². The highest BCUT2D eigenvalue weighted by molar-refractivity contribution is 6.35. The second kappa shape index (κ2) is 10.5. The van der Waals surface area contributed by atoms with Gasteiger partial charge in [0, 0.05) is 15.7 Å². The van der Waals surface area contributed by atoms with Gasteiger partial charge in [0.2, 0.25) is 0 Å². The Morgan fingerprint density at radius 1 is 1.24 bits per heavy atom. The van der Waals surface area contributed by atoms with E-state index in [4.69, 9.17) is 47.8 Å². The van der Waals surface area contributed by atoms with Gasteiger partial charge in [0.05, 0.1) is 0 Å². The summed E-state index contributed by atoms with van der Waals surface area (Å²) >= 11 is 11.6. The monoisotopic (exact) mass is 334 g/mol. The van der Waals surface area contributed by atoms with E-state index in [9.17, 15) is 0 Å². The number of hydrogen-bond acceptors (Lipinski definition) is 4. The fraction of sp³-hybridized carbons (Fsp3) is 0.0833. The highest BCUT2D eigenvalue weighted by Gasteiger charge is 2.04. The summed E-state index contributed by atoms with van der Waals surface area (Å²) in [6.07, 6.45) is 3.01. The lowest BCUT2D eigenvalue weighted by atomic mass is 10.3. The number of carboxylic acid groups (broad SMARTS) is 2. The maximum Gasteiger partial charge on any atom is 0.414 e. The van der Waals surface area contributed by atoms with Crippen LogP contribution in [0.2, 0.25) is 10.0 Å². The summed E-state index contributed by atoms with van der Waals surface area (Å²) in [6, 6.07) is 5.11. The molecule has 7 nitrogen and oxygen atoms in total. The molecule has 1 rings (SSSR count). The summed E-state index contributed by atoms with van der Waals surface area (Å²) < 4.78 is 0. The maximum absolute atomic E-state index is 9.10. The number of rotatable bonds is 5. The van der Waals surface area contributed by atoms with Crippen molar-refractivity contribution in [1.82, 2.24) is 0 Å². The van der Waals surface area contributed by atoms with E-state index in [0.29, 0.717) is 16.7 Å². The Morgan fingerprint density at radius 2 is 1.76 bits per heavy atom. The number of nitrogens with zero attached hydrogens (tertiary/aromatic N) is 1. The van der Waals surface area contributed by atoms with Crippen molar-refractivity contribution in [3.63, 3.8) is 0 Å². The molecule has 0 saturated heterocycles. The molecule has 114 valence electrons. The molecule has 21 heavy (non-hydrogen) atoms. The molecule has 0 saturated carbocycles. The summed E-state index contributed by atoms with van der Waals surface area (Å²) in [5, 5.41) is 22.4. The zero-order valence-corrected chi connectivity index (χ0v) is 12.1. The predicted molar refractivity (Wildman–Crippen MR) is 80.0 cm³/mol. The van der Waals surface area contributed by atoms with E-state index in [2.05, 4.69) is 17.1 Å². The summed E-state index contributed by atoms with van der Waals surface area (Å²) in [6.45, 7) is 3.86. The summed E-state index contributed by atoms with van der Waals surface area (Å²) in [5.41, 5.74) is 0.749. The molecule has 0 aliphatic heterocycles. The number of benzene rings is 1. The fourth-order valence-corrected chi connectivity index (χ4v) is 1.40. The third-order valence-electron chi connectivity index (χ3n) is 1.60. The number of hydrogen-bond donors (Lipinski definition) is 3. The Bertz CT molecular complexity index is 502. The van der Waals surface area contributed by atoms with Crippen LogP contribution in [0.4, 0.5) is 5.69 Å². The molecule has 0 aliphatic rings. The van der Waals surface area contributed by atoms with E-state index in [0.717, 1.165) is 5.69 Å². The van der Waals surface area contributed by atoms with Crippen LogP contribution in [0.1, 0.15) is 0 Å². The van der Waals surface area contributed by atoms with Crippen LogP contribution in [0.25, 0.3) is 0 Å². The first-order chi connectivity index (χ1) is 9.86. The molecule has 0 spiro atoms. The van der Waals surface area contributed by atoms with Crippen LogP contribution in [0, 0.1) is 0 Å². The molecule has 0 aliphatic carbocycles. The van der Waals surface area contributed by atoms with Gasteiger partial charge in [0.15, 0.2) is 0 Å². The quantitative estimate of drug-likeness (QED) is 0.191. The average Bonchev–Trinajstić information content (AvgIpc) is 2.38. The van der Waals surface area contributed by atoms with Crippen LogP contribution >= 0.6 is 23.2 Å².